The molecule has 1 fully saturated rings. The second-order valence-corrected chi connectivity index (χ2v) is 5.87. The van der Waals surface area contributed by atoms with Gasteiger partial charge in [-0.3, -0.25) is 9.78 Å². The number of aliphatic carboxylic acids is 1. The first-order chi connectivity index (χ1) is 9.11. The fourth-order valence-corrected chi connectivity index (χ4v) is 3.33. The summed E-state index contributed by atoms with van der Waals surface area (Å²) in [7, 11) is 0. The largest absolute Gasteiger partial charge is 0.481 e. The highest BCUT2D eigenvalue weighted by Crippen LogP contribution is 2.38. The average Bonchev–Trinajstić information content (AvgIpc) is 2.41. The van der Waals surface area contributed by atoms with Gasteiger partial charge in [0.15, 0.2) is 0 Å². The maximum absolute atomic E-state index is 11.4. The van der Waals surface area contributed by atoms with Gasteiger partial charge in [0.2, 0.25) is 0 Å². The van der Waals surface area contributed by atoms with E-state index in [1.165, 1.54) is 0 Å². The van der Waals surface area contributed by atoms with Crippen molar-refractivity contribution in [1.29, 1.82) is 0 Å². The van der Waals surface area contributed by atoms with Crippen molar-refractivity contribution in [2.24, 2.45) is 17.8 Å². The molecule has 1 N–H and O–H groups in total. The van der Waals surface area contributed by atoms with Crippen molar-refractivity contribution in [2.75, 3.05) is 0 Å². The number of rotatable bonds is 4. The fraction of sp³-hybridized carbons (Fsp3) is 0.600. The van der Waals surface area contributed by atoms with Crippen molar-refractivity contribution in [3.8, 4) is 0 Å². The number of carboxylic acid groups (broad SMARTS) is 1. The van der Waals surface area contributed by atoms with E-state index in [1.807, 2.05) is 6.07 Å². The predicted octanol–water partition coefficient (Wildman–Crippen LogP) is 3.80. The molecule has 1 aromatic rings. The third-order valence-corrected chi connectivity index (χ3v) is 4.66. The number of carboxylic acids is 1. The summed E-state index contributed by atoms with van der Waals surface area (Å²) in [6.07, 6.45) is 8.05. The van der Waals surface area contributed by atoms with E-state index < -0.39 is 5.97 Å². The van der Waals surface area contributed by atoms with Crippen LogP contribution < -0.4 is 0 Å². The van der Waals surface area contributed by atoms with Crippen molar-refractivity contribution < 1.29 is 9.90 Å². The summed E-state index contributed by atoms with van der Waals surface area (Å²) in [5.41, 5.74) is 1.02. The highest BCUT2D eigenvalue weighted by Gasteiger charge is 2.34. The quantitative estimate of drug-likeness (QED) is 0.913. The maximum Gasteiger partial charge on any atom is 0.306 e. The zero-order chi connectivity index (χ0) is 13.8. The summed E-state index contributed by atoms with van der Waals surface area (Å²) in [5, 5.41) is 10.0. The number of nitrogens with zero attached hydrogens (tertiary/aromatic N) is 1. The average molecular weight is 282 g/mol. The molecule has 3 unspecified atom stereocenters. The van der Waals surface area contributed by atoms with E-state index in [4.69, 9.17) is 11.6 Å². The van der Waals surface area contributed by atoms with Crippen LogP contribution in [0.3, 0.4) is 0 Å². The normalized spacial score (nSPS) is 27.2. The van der Waals surface area contributed by atoms with Gasteiger partial charge in [0.05, 0.1) is 10.9 Å². The van der Waals surface area contributed by atoms with Crippen LogP contribution in [0.1, 0.15) is 38.2 Å². The molecule has 0 bridgehead atoms. The summed E-state index contributed by atoms with van der Waals surface area (Å²) in [5.74, 6) is -0.0472. The number of hydrogen-bond acceptors (Lipinski definition) is 2. The van der Waals surface area contributed by atoms with Gasteiger partial charge in [0.25, 0.3) is 0 Å². The minimum absolute atomic E-state index is 0.191. The van der Waals surface area contributed by atoms with Gasteiger partial charge in [-0.05, 0) is 49.1 Å². The minimum atomic E-state index is -0.662. The molecule has 0 saturated heterocycles. The molecular weight excluding hydrogens is 262 g/mol. The van der Waals surface area contributed by atoms with Crippen LogP contribution in [0, 0.1) is 17.8 Å². The van der Waals surface area contributed by atoms with E-state index in [9.17, 15) is 9.90 Å². The summed E-state index contributed by atoms with van der Waals surface area (Å²) < 4.78 is 0. The third kappa shape index (κ3) is 3.47. The van der Waals surface area contributed by atoms with Crippen LogP contribution in [0.25, 0.3) is 0 Å². The van der Waals surface area contributed by atoms with Crippen LogP contribution in [-0.2, 0) is 11.2 Å². The molecule has 4 heteroatoms. The molecule has 2 rings (SSSR count). The van der Waals surface area contributed by atoms with Crippen LogP contribution in [0.5, 0.6) is 0 Å². The van der Waals surface area contributed by atoms with Gasteiger partial charge in [-0.1, -0.05) is 24.9 Å². The summed E-state index contributed by atoms with van der Waals surface area (Å²) in [6.45, 7) is 2.18. The van der Waals surface area contributed by atoms with E-state index >= 15 is 0 Å². The van der Waals surface area contributed by atoms with Crippen LogP contribution in [-0.4, -0.2) is 16.1 Å². The molecule has 0 radical (unpaired) electrons. The van der Waals surface area contributed by atoms with E-state index in [-0.39, 0.29) is 11.8 Å². The Labute approximate surface area is 119 Å². The van der Waals surface area contributed by atoms with Crippen molar-refractivity contribution in [3.63, 3.8) is 0 Å². The van der Waals surface area contributed by atoms with Gasteiger partial charge in [0.1, 0.15) is 0 Å². The van der Waals surface area contributed by atoms with Crippen LogP contribution in [0.2, 0.25) is 5.02 Å². The summed E-state index contributed by atoms with van der Waals surface area (Å²) in [4.78, 5) is 15.4. The molecular formula is C15H20ClNO2. The molecule has 0 aromatic carbocycles. The molecule has 3 atom stereocenters. The van der Waals surface area contributed by atoms with Gasteiger partial charge < -0.3 is 5.11 Å². The lowest BCUT2D eigenvalue weighted by Crippen LogP contribution is -2.32. The van der Waals surface area contributed by atoms with Crippen molar-refractivity contribution in [3.05, 3.63) is 29.0 Å². The molecule has 1 saturated carbocycles. The second-order valence-electron chi connectivity index (χ2n) is 5.46. The van der Waals surface area contributed by atoms with Gasteiger partial charge in [-0.25, -0.2) is 0 Å². The van der Waals surface area contributed by atoms with Crippen molar-refractivity contribution in [2.45, 2.75) is 39.0 Å². The minimum Gasteiger partial charge on any atom is -0.481 e. The molecule has 0 aliphatic heterocycles. The van der Waals surface area contributed by atoms with Crippen molar-refractivity contribution >= 4 is 17.6 Å². The zero-order valence-electron chi connectivity index (χ0n) is 11.2. The molecule has 19 heavy (non-hydrogen) atoms. The lowest BCUT2D eigenvalue weighted by Gasteiger charge is -2.33. The molecule has 1 aliphatic carbocycles. The van der Waals surface area contributed by atoms with Gasteiger partial charge >= 0.3 is 5.97 Å². The molecule has 104 valence electrons. The molecule has 0 spiro atoms. The van der Waals surface area contributed by atoms with Gasteiger partial charge in [0, 0.05) is 12.4 Å². The zero-order valence-corrected chi connectivity index (χ0v) is 11.9. The topological polar surface area (TPSA) is 50.2 Å². The van der Waals surface area contributed by atoms with E-state index in [2.05, 4.69) is 11.9 Å². The Morgan fingerprint density at radius 1 is 1.53 bits per heavy atom. The summed E-state index contributed by atoms with van der Waals surface area (Å²) >= 11 is 6.13. The Morgan fingerprint density at radius 3 is 2.95 bits per heavy atom. The van der Waals surface area contributed by atoms with E-state index in [0.717, 1.165) is 37.7 Å². The Balaban J connectivity index is 2.13. The first kappa shape index (κ1) is 14.3. The monoisotopic (exact) mass is 281 g/mol. The Bertz CT molecular complexity index is 450. The second kappa shape index (κ2) is 6.38. The van der Waals surface area contributed by atoms with Crippen molar-refractivity contribution in [1.82, 2.24) is 4.98 Å². The van der Waals surface area contributed by atoms with Gasteiger partial charge in [-0.15, -0.1) is 0 Å². The lowest BCUT2D eigenvalue weighted by atomic mass is 9.71. The number of pyridine rings is 1. The van der Waals surface area contributed by atoms with E-state index in [0.29, 0.717) is 10.9 Å². The molecule has 1 aliphatic rings. The smallest absolute Gasteiger partial charge is 0.306 e. The maximum atomic E-state index is 11.4. The fourth-order valence-electron chi connectivity index (χ4n) is 3.13. The first-order valence-electron chi connectivity index (χ1n) is 6.93. The van der Waals surface area contributed by atoms with E-state index in [1.54, 1.807) is 12.4 Å². The SMILES string of the molecule is CCC1CCC(C(=O)O)C(Cc2ccncc2Cl)C1. The van der Waals surface area contributed by atoms with Crippen LogP contribution in [0.15, 0.2) is 18.5 Å². The lowest BCUT2D eigenvalue weighted by molar-refractivity contribution is -0.145. The molecule has 0 amide bonds. The Kier molecular flexibility index (Phi) is 4.81. The first-order valence-corrected chi connectivity index (χ1v) is 7.30. The highest BCUT2D eigenvalue weighted by atomic mass is 35.5. The number of hydrogen-bond donors (Lipinski definition) is 1. The Hall–Kier alpha value is -1.09. The number of halogens is 1. The highest BCUT2D eigenvalue weighted by molar-refractivity contribution is 6.31. The predicted molar refractivity (Wildman–Crippen MR) is 75.2 cm³/mol. The molecule has 3 nitrogen and oxygen atoms in total. The number of aromatic nitrogens is 1. The van der Waals surface area contributed by atoms with Gasteiger partial charge in [-0.2, -0.15) is 0 Å². The third-order valence-electron chi connectivity index (χ3n) is 4.32. The number of carbonyl (C=O) groups is 1. The molecule has 1 heterocycles. The van der Waals surface area contributed by atoms with Crippen LogP contribution >= 0.6 is 11.6 Å². The summed E-state index contributed by atoms with van der Waals surface area (Å²) in [6, 6.07) is 1.90. The standard InChI is InChI=1S/C15H20ClNO2/c1-2-10-3-4-13(15(18)19)12(7-10)8-11-5-6-17-9-14(11)16/h5-6,9-10,12-13H,2-4,7-8H2,1H3,(H,18,19). The van der Waals surface area contributed by atoms with Crippen LogP contribution in [0.4, 0.5) is 0 Å². The molecule has 1 aromatic heterocycles. The Morgan fingerprint density at radius 2 is 2.32 bits per heavy atom.